The molecule has 3 heteroatoms. The maximum Gasteiger partial charge on any atom is 0.189 e. The molecule has 0 amide bonds. The van der Waals surface area contributed by atoms with Crippen LogP contribution < -0.4 is 9.47 Å². The van der Waals surface area contributed by atoms with Gasteiger partial charge in [-0.15, -0.1) is 0 Å². The van der Waals surface area contributed by atoms with Gasteiger partial charge in [0.05, 0.1) is 17.8 Å². The van der Waals surface area contributed by atoms with E-state index in [0.29, 0.717) is 11.3 Å². The van der Waals surface area contributed by atoms with Crippen molar-refractivity contribution >= 4 is 11.9 Å². The van der Waals surface area contributed by atoms with Crippen LogP contribution in [-0.2, 0) is 0 Å². The van der Waals surface area contributed by atoms with Gasteiger partial charge in [-0.1, -0.05) is 30.3 Å². The second-order valence-corrected chi connectivity index (χ2v) is 6.10. The Kier molecular flexibility index (Phi) is 6.19. The summed E-state index contributed by atoms with van der Waals surface area (Å²) in [6.45, 7) is 7.86. The third kappa shape index (κ3) is 5.27. The van der Waals surface area contributed by atoms with Crippen LogP contribution in [0.2, 0.25) is 0 Å². The minimum Gasteiger partial charge on any atom is -0.491 e. The molecule has 2 rings (SSSR count). The summed E-state index contributed by atoms with van der Waals surface area (Å²) in [5, 5.41) is 0. The zero-order valence-corrected chi connectivity index (χ0v) is 14.7. The van der Waals surface area contributed by atoms with Crippen molar-refractivity contribution < 1.29 is 14.3 Å². The van der Waals surface area contributed by atoms with Gasteiger partial charge in [0.15, 0.2) is 5.78 Å². The molecular formula is C21H24O3. The smallest absolute Gasteiger partial charge is 0.189 e. The van der Waals surface area contributed by atoms with E-state index in [0.717, 1.165) is 11.3 Å². The Balaban J connectivity index is 2.10. The Hall–Kier alpha value is -2.55. The Morgan fingerprint density at radius 3 is 2.12 bits per heavy atom. The van der Waals surface area contributed by atoms with Crippen molar-refractivity contribution in [2.24, 2.45) is 0 Å². The van der Waals surface area contributed by atoms with E-state index in [1.807, 2.05) is 70.2 Å². The summed E-state index contributed by atoms with van der Waals surface area (Å²) in [4.78, 5) is 12.4. The topological polar surface area (TPSA) is 35.5 Å². The fraction of sp³-hybridized carbons (Fsp3) is 0.286. The number of hydrogen-bond donors (Lipinski definition) is 0. The lowest BCUT2D eigenvalue weighted by Gasteiger charge is -2.12. The molecule has 0 aromatic heterocycles. The monoisotopic (exact) mass is 324 g/mol. The van der Waals surface area contributed by atoms with Crippen LogP contribution in [0.3, 0.4) is 0 Å². The molecule has 126 valence electrons. The van der Waals surface area contributed by atoms with Crippen LogP contribution in [0.25, 0.3) is 6.08 Å². The van der Waals surface area contributed by atoms with Crippen molar-refractivity contribution in [3.63, 3.8) is 0 Å². The lowest BCUT2D eigenvalue weighted by Crippen LogP contribution is -2.09. The van der Waals surface area contributed by atoms with Gasteiger partial charge in [0.25, 0.3) is 0 Å². The molecule has 0 atom stereocenters. The first-order valence-corrected chi connectivity index (χ1v) is 8.20. The van der Waals surface area contributed by atoms with Crippen LogP contribution in [-0.4, -0.2) is 18.0 Å². The number of para-hydroxylation sites is 1. The van der Waals surface area contributed by atoms with Gasteiger partial charge in [-0.3, -0.25) is 4.79 Å². The zero-order valence-electron chi connectivity index (χ0n) is 14.7. The Bertz CT molecular complexity index is 697. The van der Waals surface area contributed by atoms with Crippen LogP contribution in [0, 0.1) is 0 Å². The van der Waals surface area contributed by atoms with E-state index in [-0.39, 0.29) is 18.0 Å². The molecule has 2 aromatic rings. The number of hydrogen-bond acceptors (Lipinski definition) is 3. The Morgan fingerprint density at radius 1 is 0.875 bits per heavy atom. The fourth-order valence-electron chi connectivity index (χ4n) is 2.22. The number of rotatable bonds is 7. The van der Waals surface area contributed by atoms with E-state index >= 15 is 0 Å². The maximum atomic E-state index is 12.4. The zero-order chi connectivity index (χ0) is 17.5. The average molecular weight is 324 g/mol. The van der Waals surface area contributed by atoms with E-state index in [1.165, 1.54) is 0 Å². The fourth-order valence-corrected chi connectivity index (χ4v) is 2.22. The van der Waals surface area contributed by atoms with Crippen molar-refractivity contribution in [2.45, 2.75) is 39.9 Å². The minimum absolute atomic E-state index is 0.0245. The van der Waals surface area contributed by atoms with Gasteiger partial charge in [-0.05, 0) is 63.6 Å². The molecule has 0 aliphatic carbocycles. The highest BCUT2D eigenvalue weighted by atomic mass is 16.5. The molecule has 0 heterocycles. The highest BCUT2D eigenvalue weighted by Crippen LogP contribution is 2.21. The highest BCUT2D eigenvalue weighted by molar-refractivity contribution is 6.08. The predicted molar refractivity (Wildman–Crippen MR) is 97.8 cm³/mol. The van der Waals surface area contributed by atoms with Crippen LogP contribution in [0.1, 0.15) is 43.6 Å². The first-order chi connectivity index (χ1) is 11.5. The molecule has 0 bridgehead atoms. The molecule has 2 aromatic carbocycles. The van der Waals surface area contributed by atoms with Crippen molar-refractivity contribution in [2.75, 3.05) is 0 Å². The van der Waals surface area contributed by atoms with Crippen molar-refractivity contribution in [1.29, 1.82) is 0 Å². The molecule has 0 aliphatic rings. The molecule has 0 radical (unpaired) electrons. The maximum absolute atomic E-state index is 12.4. The summed E-state index contributed by atoms with van der Waals surface area (Å²) in [5.74, 6) is 1.36. The van der Waals surface area contributed by atoms with Gasteiger partial charge >= 0.3 is 0 Å². The molecule has 24 heavy (non-hydrogen) atoms. The van der Waals surface area contributed by atoms with Crippen molar-refractivity contribution in [3.05, 3.63) is 65.7 Å². The summed E-state index contributed by atoms with van der Waals surface area (Å²) in [5.41, 5.74) is 1.52. The van der Waals surface area contributed by atoms with Gasteiger partial charge < -0.3 is 9.47 Å². The molecule has 0 saturated carbocycles. The van der Waals surface area contributed by atoms with E-state index in [1.54, 1.807) is 18.2 Å². The lowest BCUT2D eigenvalue weighted by atomic mass is 10.1. The number of ketones is 1. The molecule has 0 N–H and O–H groups in total. The van der Waals surface area contributed by atoms with Crippen LogP contribution >= 0.6 is 0 Å². The lowest BCUT2D eigenvalue weighted by molar-refractivity contribution is 0.104. The van der Waals surface area contributed by atoms with Crippen molar-refractivity contribution in [1.82, 2.24) is 0 Å². The minimum atomic E-state index is -0.0752. The van der Waals surface area contributed by atoms with E-state index in [4.69, 9.17) is 9.47 Å². The number of ether oxygens (including phenoxy) is 2. The molecule has 0 spiro atoms. The third-order valence-corrected chi connectivity index (χ3v) is 3.19. The summed E-state index contributed by atoms with van der Waals surface area (Å²) in [6.07, 6.45) is 3.54. The summed E-state index contributed by atoms with van der Waals surface area (Å²) >= 11 is 0. The molecule has 0 fully saturated rings. The van der Waals surface area contributed by atoms with Crippen LogP contribution in [0.5, 0.6) is 11.5 Å². The van der Waals surface area contributed by atoms with Gasteiger partial charge in [0.1, 0.15) is 11.5 Å². The first kappa shape index (κ1) is 17.8. The number of carbonyl (C=O) groups is 1. The second-order valence-electron chi connectivity index (χ2n) is 6.10. The normalized spacial score (nSPS) is 11.2. The third-order valence-electron chi connectivity index (χ3n) is 3.19. The molecule has 3 nitrogen and oxygen atoms in total. The predicted octanol–water partition coefficient (Wildman–Crippen LogP) is 5.16. The highest BCUT2D eigenvalue weighted by Gasteiger charge is 2.10. The van der Waals surface area contributed by atoms with Crippen LogP contribution in [0.15, 0.2) is 54.6 Å². The van der Waals surface area contributed by atoms with Crippen molar-refractivity contribution in [3.8, 4) is 11.5 Å². The van der Waals surface area contributed by atoms with Crippen LogP contribution in [0.4, 0.5) is 0 Å². The SMILES string of the molecule is CC(C)Oc1ccc(/C=C/C(=O)c2ccccc2OC(C)C)cc1. The van der Waals surface area contributed by atoms with E-state index < -0.39 is 0 Å². The van der Waals surface area contributed by atoms with Gasteiger partial charge in [0, 0.05) is 0 Å². The molecule has 0 unspecified atom stereocenters. The average Bonchev–Trinajstić information content (AvgIpc) is 2.53. The van der Waals surface area contributed by atoms with E-state index in [9.17, 15) is 4.79 Å². The number of allylic oxidation sites excluding steroid dienone is 1. The Labute approximate surface area is 143 Å². The molecule has 0 aliphatic heterocycles. The van der Waals surface area contributed by atoms with Gasteiger partial charge in [-0.2, -0.15) is 0 Å². The first-order valence-electron chi connectivity index (χ1n) is 8.20. The standard InChI is InChI=1S/C21H24O3/c1-15(2)23-18-12-9-17(10-13-18)11-14-20(22)19-7-5-6-8-21(19)24-16(3)4/h5-16H,1-4H3/b14-11+. The summed E-state index contributed by atoms with van der Waals surface area (Å²) in [7, 11) is 0. The second kappa shape index (κ2) is 8.34. The quantitative estimate of drug-likeness (QED) is 0.521. The Morgan fingerprint density at radius 2 is 1.50 bits per heavy atom. The van der Waals surface area contributed by atoms with E-state index in [2.05, 4.69) is 0 Å². The largest absolute Gasteiger partial charge is 0.491 e. The summed E-state index contributed by atoms with van der Waals surface area (Å²) < 4.78 is 11.3. The van der Waals surface area contributed by atoms with Gasteiger partial charge in [-0.25, -0.2) is 0 Å². The number of benzene rings is 2. The molecule has 0 saturated heterocycles. The summed E-state index contributed by atoms with van der Waals surface area (Å²) in [6, 6.07) is 15.0. The number of carbonyl (C=O) groups excluding carboxylic acids is 1. The molecular weight excluding hydrogens is 300 g/mol. The van der Waals surface area contributed by atoms with Gasteiger partial charge in [0.2, 0.25) is 0 Å².